The van der Waals surface area contributed by atoms with Gasteiger partial charge in [0.05, 0.1) is 5.52 Å². The van der Waals surface area contributed by atoms with Crippen LogP contribution in [0.15, 0.2) is 30.3 Å². The average Bonchev–Trinajstić information content (AvgIpc) is 2.36. The monoisotopic (exact) mass is 257 g/mol. The first-order valence-corrected chi connectivity index (χ1v) is 6.68. The van der Waals surface area contributed by atoms with Crippen molar-refractivity contribution in [2.24, 2.45) is 0 Å². The zero-order valence-corrected chi connectivity index (χ0v) is 12.5. The van der Waals surface area contributed by atoms with Gasteiger partial charge in [-0.3, -0.25) is 0 Å². The van der Waals surface area contributed by atoms with Crippen molar-refractivity contribution in [1.82, 2.24) is 9.88 Å². The number of rotatable bonds is 4. The maximum atomic E-state index is 4.71. The van der Waals surface area contributed by atoms with Gasteiger partial charge in [0.2, 0.25) is 0 Å². The number of pyridine rings is 1. The Bertz CT molecular complexity index is 573. The molecule has 1 aromatic heterocycles. The van der Waals surface area contributed by atoms with Crippen molar-refractivity contribution < 1.29 is 0 Å². The van der Waals surface area contributed by atoms with Gasteiger partial charge in [-0.25, -0.2) is 4.98 Å². The van der Waals surface area contributed by atoms with Crippen molar-refractivity contribution in [2.45, 2.75) is 26.3 Å². The third kappa shape index (κ3) is 3.04. The number of fused-ring (bicyclic) bond motifs is 1. The number of nitrogens with one attached hydrogen (secondary N) is 1. The van der Waals surface area contributed by atoms with Crippen LogP contribution in [0.1, 0.15) is 19.4 Å². The first-order valence-electron chi connectivity index (χ1n) is 6.68. The topological polar surface area (TPSA) is 28.2 Å². The maximum Gasteiger partial charge on any atom is 0.129 e. The van der Waals surface area contributed by atoms with Crippen LogP contribution < -0.4 is 5.32 Å². The van der Waals surface area contributed by atoms with Gasteiger partial charge in [-0.2, -0.15) is 0 Å². The molecule has 2 rings (SSSR count). The Labute approximate surface area is 115 Å². The standard InChI is InChI=1S/C16H23N3/c1-12-10-13-8-6-7-9-14(13)18-15(12)17-11-16(2,3)19(4)5/h6-10H,11H2,1-5H3,(H,17,18). The fourth-order valence-corrected chi connectivity index (χ4v) is 1.86. The molecule has 0 saturated carbocycles. The number of likely N-dealkylation sites (N-methyl/N-ethyl adjacent to an activating group) is 1. The van der Waals surface area contributed by atoms with Gasteiger partial charge >= 0.3 is 0 Å². The molecular weight excluding hydrogens is 234 g/mol. The molecule has 19 heavy (non-hydrogen) atoms. The van der Waals surface area contributed by atoms with Crippen molar-refractivity contribution in [3.63, 3.8) is 0 Å². The highest BCUT2D eigenvalue weighted by atomic mass is 15.2. The Morgan fingerprint density at radius 1 is 1.21 bits per heavy atom. The molecule has 0 spiro atoms. The number of hydrogen-bond donors (Lipinski definition) is 1. The molecule has 0 aliphatic heterocycles. The summed E-state index contributed by atoms with van der Waals surface area (Å²) >= 11 is 0. The van der Waals surface area contributed by atoms with Gasteiger partial charge in [0.15, 0.2) is 0 Å². The van der Waals surface area contributed by atoms with Gasteiger partial charge in [-0.05, 0) is 52.6 Å². The van der Waals surface area contributed by atoms with Gasteiger partial charge in [-0.15, -0.1) is 0 Å². The molecule has 0 bridgehead atoms. The van der Waals surface area contributed by atoms with E-state index in [2.05, 4.69) is 63.3 Å². The Morgan fingerprint density at radius 3 is 2.58 bits per heavy atom. The van der Waals surface area contributed by atoms with E-state index in [-0.39, 0.29) is 5.54 Å². The third-order valence-electron chi connectivity index (χ3n) is 3.81. The van der Waals surface area contributed by atoms with E-state index in [0.29, 0.717) is 0 Å². The van der Waals surface area contributed by atoms with E-state index in [1.165, 1.54) is 10.9 Å². The summed E-state index contributed by atoms with van der Waals surface area (Å²) in [5, 5.41) is 4.67. The Morgan fingerprint density at radius 2 is 1.89 bits per heavy atom. The van der Waals surface area contributed by atoms with Crippen LogP contribution in [0.25, 0.3) is 10.9 Å². The molecule has 1 heterocycles. The molecule has 0 amide bonds. The molecule has 0 radical (unpaired) electrons. The zero-order chi connectivity index (χ0) is 14.0. The van der Waals surface area contributed by atoms with Crippen LogP contribution in [0.4, 0.5) is 5.82 Å². The van der Waals surface area contributed by atoms with Crippen LogP contribution in [0.5, 0.6) is 0 Å². The van der Waals surface area contributed by atoms with Crippen molar-refractivity contribution >= 4 is 16.7 Å². The van der Waals surface area contributed by atoms with Crippen LogP contribution in [0.3, 0.4) is 0 Å². The van der Waals surface area contributed by atoms with Crippen molar-refractivity contribution in [3.05, 3.63) is 35.9 Å². The lowest BCUT2D eigenvalue weighted by Gasteiger charge is -2.33. The van der Waals surface area contributed by atoms with E-state index >= 15 is 0 Å². The number of nitrogens with zero attached hydrogens (tertiary/aromatic N) is 2. The van der Waals surface area contributed by atoms with Crippen molar-refractivity contribution in [2.75, 3.05) is 26.0 Å². The lowest BCUT2D eigenvalue weighted by Crippen LogP contribution is -2.44. The molecule has 102 valence electrons. The molecule has 3 nitrogen and oxygen atoms in total. The lowest BCUT2D eigenvalue weighted by atomic mass is 10.0. The van der Waals surface area contributed by atoms with Gasteiger partial charge in [0.25, 0.3) is 0 Å². The second kappa shape index (κ2) is 5.17. The molecule has 0 atom stereocenters. The summed E-state index contributed by atoms with van der Waals surface area (Å²) < 4.78 is 0. The van der Waals surface area contributed by atoms with E-state index in [1.807, 2.05) is 12.1 Å². The van der Waals surface area contributed by atoms with Crippen LogP contribution in [-0.4, -0.2) is 36.1 Å². The van der Waals surface area contributed by atoms with E-state index in [9.17, 15) is 0 Å². The predicted molar refractivity (Wildman–Crippen MR) is 82.7 cm³/mol. The number of para-hydroxylation sites is 1. The molecule has 2 aromatic rings. The molecular formula is C16H23N3. The Balaban J connectivity index is 2.23. The molecule has 0 unspecified atom stereocenters. The highest BCUT2D eigenvalue weighted by Gasteiger charge is 2.20. The van der Waals surface area contributed by atoms with Gasteiger partial charge in [0, 0.05) is 17.5 Å². The number of aryl methyl sites for hydroxylation is 1. The smallest absolute Gasteiger partial charge is 0.129 e. The third-order valence-corrected chi connectivity index (χ3v) is 3.81. The molecule has 0 fully saturated rings. The zero-order valence-electron chi connectivity index (χ0n) is 12.5. The second-order valence-electron chi connectivity index (χ2n) is 5.91. The Kier molecular flexibility index (Phi) is 3.76. The highest BCUT2D eigenvalue weighted by molar-refractivity contribution is 5.81. The number of aromatic nitrogens is 1. The molecule has 1 aromatic carbocycles. The van der Waals surface area contributed by atoms with Gasteiger partial charge in [0.1, 0.15) is 5.82 Å². The van der Waals surface area contributed by atoms with Crippen molar-refractivity contribution in [3.8, 4) is 0 Å². The highest BCUT2D eigenvalue weighted by Crippen LogP contribution is 2.20. The average molecular weight is 257 g/mol. The number of anilines is 1. The van der Waals surface area contributed by atoms with E-state index in [4.69, 9.17) is 4.98 Å². The van der Waals surface area contributed by atoms with Crippen LogP contribution >= 0.6 is 0 Å². The molecule has 0 saturated heterocycles. The SMILES string of the molecule is Cc1cc2ccccc2nc1NCC(C)(C)N(C)C. The van der Waals surface area contributed by atoms with E-state index < -0.39 is 0 Å². The molecule has 0 aliphatic rings. The molecule has 0 aliphatic carbocycles. The quantitative estimate of drug-likeness (QED) is 0.911. The summed E-state index contributed by atoms with van der Waals surface area (Å²) in [7, 11) is 4.20. The lowest BCUT2D eigenvalue weighted by molar-refractivity contribution is 0.210. The minimum absolute atomic E-state index is 0.0970. The summed E-state index contributed by atoms with van der Waals surface area (Å²) in [6.45, 7) is 7.41. The largest absolute Gasteiger partial charge is 0.368 e. The van der Waals surface area contributed by atoms with E-state index in [0.717, 1.165) is 17.9 Å². The minimum Gasteiger partial charge on any atom is -0.368 e. The first-order chi connectivity index (χ1) is 8.90. The summed E-state index contributed by atoms with van der Waals surface area (Å²) in [4.78, 5) is 6.93. The summed E-state index contributed by atoms with van der Waals surface area (Å²) in [5.74, 6) is 0.980. The fourth-order valence-electron chi connectivity index (χ4n) is 1.86. The number of hydrogen-bond acceptors (Lipinski definition) is 3. The second-order valence-corrected chi connectivity index (χ2v) is 5.91. The van der Waals surface area contributed by atoms with Gasteiger partial charge in [-0.1, -0.05) is 18.2 Å². The summed E-state index contributed by atoms with van der Waals surface area (Å²) in [5.41, 5.74) is 2.33. The van der Waals surface area contributed by atoms with Crippen LogP contribution in [0, 0.1) is 6.92 Å². The van der Waals surface area contributed by atoms with Crippen LogP contribution in [-0.2, 0) is 0 Å². The molecule has 3 heteroatoms. The minimum atomic E-state index is 0.0970. The Hall–Kier alpha value is -1.61. The predicted octanol–water partition coefficient (Wildman–Crippen LogP) is 3.30. The van der Waals surface area contributed by atoms with Crippen LogP contribution in [0.2, 0.25) is 0 Å². The maximum absolute atomic E-state index is 4.71. The molecule has 1 N–H and O–H groups in total. The van der Waals surface area contributed by atoms with Gasteiger partial charge < -0.3 is 10.2 Å². The summed E-state index contributed by atoms with van der Waals surface area (Å²) in [6, 6.07) is 10.4. The number of benzene rings is 1. The van der Waals surface area contributed by atoms with Crippen molar-refractivity contribution in [1.29, 1.82) is 0 Å². The first kappa shape index (κ1) is 13.8. The normalized spacial score (nSPS) is 12.1. The van der Waals surface area contributed by atoms with E-state index in [1.54, 1.807) is 0 Å². The summed E-state index contributed by atoms with van der Waals surface area (Å²) in [6.07, 6.45) is 0. The fraction of sp³-hybridized carbons (Fsp3) is 0.438.